The Hall–Kier alpha value is -1.00. The van der Waals surface area contributed by atoms with Crippen LogP contribution in [0.5, 0.6) is 0 Å². The van der Waals surface area contributed by atoms with Crippen LogP contribution in [0.3, 0.4) is 0 Å². The lowest BCUT2D eigenvalue weighted by atomic mass is 10.1. The van der Waals surface area contributed by atoms with Crippen LogP contribution in [0.4, 0.5) is 0 Å². The van der Waals surface area contributed by atoms with E-state index < -0.39 is 0 Å². The number of carbonyl (C=O) groups excluding carboxylic acids is 1. The Balaban J connectivity index is 2.14. The van der Waals surface area contributed by atoms with Crippen molar-refractivity contribution in [3.8, 4) is 0 Å². The van der Waals surface area contributed by atoms with Crippen molar-refractivity contribution in [3.05, 3.63) is 50.4 Å². The lowest BCUT2D eigenvalue weighted by molar-refractivity contribution is 0.0993. The molecule has 0 spiro atoms. The number of hydrogen-bond donors (Lipinski definition) is 0. The summed E-state index contributed by atoms with van der Waals surface area (Å²) in [7, 11) is 0. The highest BCUT2D eigenvalue weighted by Crippen LogP contribution is 2.15. The molecule has 0 fully saturated rings. The van der Waals surface area contributed by atoms with Gasteiger partial charge < -0.3 is 0 Å². The second-order valence-corrected chi connectivity index (χ2v) is 5.35. The number of nitrogens with zero attached hydrogens (tertiary/aromatic N) is 1. The maximum Gasteiger partial charge on any atom is 0.169 e. The van der Waals surface area contributed by atoms with E-state index in [0.29, 0.717) is 6.42 Å². The van der Waals surface area contributed by atoms with Crippen molar-refractivity contribution in [2.75, 3.05) is 0 Å². The quantitative estimate of drug-likeness (QED) is 0.809. The zero-order valence-corrected chi connectivity index (χ0v) is 11.1. The Labute approximate surface area is 106 Å². The van der Waals surface area contributed by atoms with Crippen LogP contribution in [0.25, 0.3) is 0 Å². The summed E-state index contributed by atoms with van der Waals surface area (Å²) in [4.78, 5) is 16.2. The fourth-order valence-electron chi connectivity index (χ4n) is 1.39. The van der Waals surface area contributed by atoms with Gasteiger partial charge in [0.05, 0.1) is 6.42 Å². The molecule has 0 N–H and O–H groups in total. The SMILES string of the molecule is Cc1csc(CC(=O)c2cccc(Br)c2)n1. The van der Waals surface area contributed by atoms with E-state index in [1.165, 1.54) is 11.3 Å². The number of ketones is 1. The van der Waals surface area contributed by atoms with Crippen LogP contribution in [-0.4, -0.2) is 10.8 Å². The summed E-state index contributed by atoms with van der Waals surface area (Å²) < 4.78 is 0.925. The molecular weight excluding hydrogens is 286 g/mol. The van der Waals surface area contributed by atoms with Gasteiger partial charge in [0.15, 0.2) is 5.78 Å². The highest BCUT2D eigenvalue weighted by atomic mass is 79.9. The lowest BCUT2D eigenvalue weighted by Gasteiger charge is -1.99. The van der Waals surface area contributed by atoms with Gasteiger partial charge in [0, 0.05) is 21.1 Å². The second kappa shape index (κ2) is 4.89. The number of halogens is 1. The van der Waals surface area contributed by atoms with Crippen LogP contribution in [0.2, 0.25) is 0 Å². The molecule has 2 aromatic rings. The van der Waals surface area contributed by atoms with Gasteiger partial charge in [0.25, 0.3) is 0 Å². The summed E-state index contributed by atoms with van der Waals surface area (Å²) in [5.41, 5.74) is 1.70. The number of carbonyl (C=O) groups is 1. The molecule has 0 unspecified atom stereocenters. The van der Waals surface area contributed by atoms with Gasteiger partial charge >= 0.3 is 0 Å². The van der Waals surface area contributed by atoms with Gasteiger partial charge in [-0.1, -0.05) is 28.1 Å². The maximum absolute atomic E-state index is 11.9. The lowest BCUT2D eigenvalue weighted by Crippen LogP contribution is -2.03. The van der Waals surface area contributed by atoms with Crippen LogP contribution in [0, 0.1) is 6.92 Å². The molecule has 0 saturated heterocycles. The number of Topliss-reactive ketones (excluding diaryl/α,β-unsaturated/α-hetero) is 1. The van der Waals surface area contributed by atoms with E-state index in [1.807, 2.05) is 36.6 Å². The summed E-state index contributed by atoms with van der Waals surface area (Å²) in [6, 6.07) is 7.44. The summed E-state index contributed by atoms with van der Waals surface area (Å²) in [5, 5.41) is 2.84. The molecule has 1 aromatic carbocycles. The minimum absolute atomic E-state index is 0.107. The van der Waals surface area contributed by atoms with Gasteiger partial charge in [0.1, 0.15) is 5.01 Å². The van der Waals surface area contributed by atoms with Crippen molar-refractivity contribution in [1.29, 1.82) is 0 Å². The van der Waals surface area contributed by atoms with Gasteiger partial charge in [-0.15, -0.1) is 11.3 Å². The molecule has 2 rings (SSSR count). The van der Waals surface area contributed by atoms with Crippen LogP contribution in [-0.2, 0) is 6.42 Å². The van der Waals surface area contributed by atoms with E-state index in [4.69, 9.17) is 0 Å². The summed E-state index contributed by atoms with van der Waals surface area (Å²) in [6.07, 6.45) is 0.384. The normalized spacial score (nSPS) is 10.4. The number of hydrogen-bond acceptors (Lipinski definition) is 3. The molecule has 0 bridgehead atoms. The maximum atomic E-state index is 11.9. The van der Waals surface area contributed by atoms with Crippen molar-refractivity contribution in [1.82, 2.24) is 4.98 Å². The van der Waals surface area contributed by atoms with Crippen LogP contribution < -0.4 is 0 Å². The average Bonchev–Trinajstić information content (AvgIpc) is 2.64. The molecule has 1 heterocycles. The predicted octanol–water partition coefficient (Wildman–Crippen LogP) is 3.64. The molecule has 1 aromatic heterocycles. The third-order valence-electron chi connectivity index (χ3n) is 2.12. The molecule has 0 atom stereocenters. The smallest absolute Gasteiger partial charge is 0.169 e. The van der Waals surface area contributed by atoms with E-state index >= 15 is 0 Å². The fraction of sp³-hybridized carbons (Fsp3) is 0.167. The Morgan fingerprint density at radius 1 is 1.50 bits per heavy atom. The summed E-state index contributed by atoms with van der Waals surface area (Å²) in [6.45, 7) is 1.93. The van der Waals surface area contributed by atoms with Gasteiger partial charge in [-0.05, 0) is 19.1 Å². The number of aromatic nitrogens is 1. The number of thiazole rings is 1. The minimum atomic E-state index is 0.107. The first-order chi connectivity index (χ1) is 7.65. The molecule has 0 amide bonds. The Bertz CT molecular complexity index is 521. The number of benzene rings is 1. The van der Waals surface area contributed by atoms with Crippen molar-refractivity contribution in [2.24, 2.45) is 0 Å². The van der Waals surface area contributed by atoms with Crippen molar-refractivity contribution < 1.29 is 4.79 Å². The molecule has 0 aliphatic carbocycles. The molecule has 0 aliphatic heterocycles. The van der Waals surface area contributed by atoms with Gasteiger partial charge in [-0.2, -0.15) is 0 Å². The second-order valence-electron chi connectivity index (χ2n) is 3.49. The van der Waals surface area contributed by atoms with Crippen LogP contribution >= 0.6 is 27.3 Å². The number of aryl methyl sites for hydroxylation is 1. The molecule has 0 saturated carbocycles. The summed E-state index contributed by atoms with van der Waals surface area (Å²) in [5.74, 6) is 0.107. The Morgan fingerprint density at radius 3 is 2.94 bits per heavy atom. The van der Waals surface area contributed by atoms with Gasteiger partial charge in [-0.3, -0.25) is 4.79 Å². The average molecular weight is 296 g/mol. The third-order valence-corrected chi connectivity index (χ3v) is 3.58. The first-order valence-electron chi connectivity index (χ1n) is 4.85. The van der Waals surface area contributed by atoms with E-state index in [9.17, 15) is 4.79 Å². The summed E-state index contributed by atoms with van der Waals surface area (Å²) >= 11 is 4.89. The van der Waals surface area contributed by atoms with Crippen LogP contribution in [0.1, 0.15) is 21.1 Å². The molecule has 2 nitrogen and oxygen atoms in total. The third kappa shape index (κ3) is 2.77. The molecule has 0 radical (unpaired) electrons. The highest BCUT2D eigenvalue weighted by molar-refractivity contribution is 9.10. The molecule has 82 valence electrons. The molecule has 4 heteroatoms. The van der Waals surface area contributed by atoms with Crippen molar-refractivity contribution in [2.45, 2.75) is 13.3 Å². The zero-order valence-electron chi connectivity index (χ0n) is 8.74. The standard InChI is InChI=1S/C12H10BrNOS/c1-8-7-16-12(14-8)6-11(15)9-3-2-4-10(13)5-9/h2-5,7H,6H2,1H3. The number of rotatable bonds is 3. The van der Waals surface area contributed by atoms with Crippen LogP contribution in [0.15, 0.2) is 34.1 Å². The zero-order chi connectivity index (χ0) is 11.5. The predicted molar refractivity (Wildman–Crippen MR) is 69.0 cm³/mol. The van der Waals surface area contributed by atoms with E-state index in [0.717, 1.165) is 20.7 Å². The fourth-order valence-corrected chi connectivity index (χ4v) is 2.55. The van der Waals surface area contributed by atoms with Crippen molar-refractivity contribution >= 4 is 33.0 Å². The molecule has 16 heavy (non-hydrogen) atoms. The molecular formula is C12H10BrNOS. The monoisotopic (exact) mass is 295 g/mol. The van der Waals surface area contributed by atoms with Gasteiger partial charge in [0.2, 0.25) is 0 Å². The largest absolute Gasteiger partial charge is 0.294 e. The minimum Gasteiger partial charge on any atom is -0.294 e. The Morgan fingerprint density at radius 2 is 2.31 bits per heavy atom. The first kappa shape index (κ1) is 11.5. The van der Waals surface area contributed by atoms with E-state index in [-0.39, 0.29) is 5.78 Å². The molecule has 0 aliphatic rings. The highest BCUT2D eigenvalue weighted by Gasteiger charge is 2.09. The first-order valence-corrected chi connectivity index (χ1v) is 6.52. The topological polar surface area (TPSA) is 30.0 Å². The van der Waals surface area contributed by atoms with Crippen molar-refractivity contribution in [3.63, 3.8) is 0 Å². The van der Waals surface area contributed by atoms with E-state index in [2.05, 4.69) is 20.9 Å². The van der Waals surface area contributed by atoms with Gasteiger partial charge in [-0.25, -0.2) is 4.98 Å². The van der Waals surface area contributed by atoms with E-state index in [1.54, 1.807) is 0 Å². The Kier molecular flexibility index (Phi) is 3.51.